The molecule has 0 bridgehead atoms. The van der Waals surface area contributed by atoms with E-state index in [1.807, 2.05) is 0 Å². The first-order chi connectivity index (χ1) is 5.91. The van der Waals surface area contributed by atoms with E-state index in [1.54, 1.807) is 0 Å². The van der Waals surface area contributed by atoms with Gasteiger partial charge in [0.05, 0.1) is 6.42 Å². The Balaban J connectivity index is 2.71. The number of alkyl halides is 3. The first kappa shape index (κ1) is 9.76. The number of hydrogen-bond donors (Lipinski definition) is 0. The van der Waals surface area contributed by atoms with Crippen LogP contribution in [-0.2, 0) is 18.3 Å². The average Bonchev–Trinajstić information content (AvgIpc) is 2.34. The van der Waals surface area contributed by atoms with Crippen LogP contribution in [0.5, 0.6) is 0 Å². The van der Waals surface area contributed by atoms with Crippen molar-refractivity contribution >= 4 is 5.78 Å². The molecule has 0 aliphatic heterocycles. The Morgan fingerprint density at radius 3 is 2.62 bits per heavy atom. The van der Waals surface area contributed by atoms with Gasteiger partial charge in [0, 0.05) is 18.9 Å². The Labute approximate surface area is 72.2 Å². The summed E-state index contributed by atoms with van der Waals surface area (Å²) in [6.45, 7) is 0. The molecule has 0 saturated heterocycles. The maximum Gasteiger partial charge on any atom is 0.450 e. The summed E-state index contributed by atoms with van der Waals surface area (Å²) in [5.74, 6) is -1.75. The predicted octanol–water partition coefficient (Wildman–Crippen LogP) is 1.09. The standard InChI is InChI=1S/C7H7F3N2O/c1-12-5(2-3-11-12)4-6(13)7(8,9)10/h2-3H,4H2,1H3. The number of carbonyl (C=O) groups is 1. The van der Waals surface area contributed by atoms with Gasteiger partial charge < -0.3 is 0 Å². The van der Waals surface area contributed by atoms with Gasteiger partial charge in [-0.05, 0) is 6.07 Å². The van der Waals surface area contributed by atoms with E-state index in [9.17, 15) is 18.0 Å². The molecule has 0 unspecified atom stereocenters. The summed E-state index contributed by atoms with van der Waals surface area (Å²) in [4.78, 5) is 10.5. The summed E-state index contributed by atoms with van der Waals surface area (Å²) in [7, 11) is 1.49. The van der Waals surface area contributed by atoms with E-state index in [0.717, 1.165) is 0 Å². The van der Waals surface area contributed by atoms with E-state index in [4.69, 9.17) is 0 Å². The van der Waals surface area contributed by atoms with Crippen molar-refractivity contribution in [3.63, 3.8) is 0 Å². The summed E-state index contributed by atoms with van der Waals surface area (Å²) < 4.78 is 36.6. The highest BCUT2D eigenvalue weighted by Crippen LogP contribution is 2.18. The molecule has 1 aromatic rings. The summed E-state index contributed by atoms with van der Waals surface area (Å²) >= 11 is 0. The van der Waals surface area contributed by atoms with Crippen LogP contribution in [0.15, 0.2) is 12.3 Å². The van der Waals surface area contributed by atoms with E-state index in [0.29, 0.717) is 0 Å². The molecule has 0 atom stereocenters. The summed E-state index contributed by atoms with van der Waals surface area (Å²) in [6.07, 6.45) is -4.07. The SMILES string of the molecule is Cn1nccc1CC(=O)C(F)(F)F. The quantitative estimate of drug-likeness (QED) is 0.703. The first-order valence-electron chi connectivity index (χ1n) is 3.48. The fourth-order valence-corrected chi connectivity index (χ4v) is 0.839. The molecule has 6 heteroatoms. The van der Waals surface area contributed by atoms with Crippen LogP contribution in [0.4, 0.5) is 13.2 Å². The molecule has 0 amide bonds. The zero-order valence-corrected chi connectivity index (χ0v) is 6.80. The third-order valence-electron chi connectivity index (χ3n) is 1.58. The van der Waals surface area contributed by atoms with Gasteiger partial charge in [0.1, 0.15) is 0 Å². The number of Topliss-reactive ketones (excluding diaryl/α,β-unsaturated/α-hetero) is 1. The van der Waals surface area contributed by atoms with Crippen LogP contribution in [0.25, 0.3) is 0 Å². The third-order valence-corrected chi connectivity index (χ3v) is 1.58. The highest BCUT2D eigenvalue weighted by molar-refractivity contribution is 5.85. The molecule has 13 heavy (non-hydrogen) atoms. The third kappa shape index (κ3) is 2.30. The molecule has 1 rings (SSSR count). The molecule has 72 valence electrons. The molecule has 0 spiro atoms. The summed E-state index contributed by atoms with van der Waals surface area (Å²) in [5, 5.41) is 3.65. The predicted molar refractivity (Wildman–Crippen MR) is 38.0 cm³/mol. The van der Waals surface area contributed by atoms with Gasteiger partial charge >= 0.3 is 6.18 Å². The van der Waals surface area contributed by atoms with Gasteiger partial charge in [0.15, 0.2) is 0 Å². The average molecular weight is 192 g/mol. The van der Waals surface area contributed by atoms with Gasteiger partial charge in [-0.25, -0.2) is 0 Å². The van der Waals surface area contributed by atoms with Crippen molar-refractivity contribution in [2.24, 2.45) is 7.05 Å². The minimum absolute atomic E-state index is 0.252. The van der Waals surface area contributed by atoms with Crippen molar-refractivity contribution in [1.82, 2.24) is 9.78 Å². The minimum Gasteiger partial charge on any atom is -0.289 e. The lowest BCUT2D eigenvalue weighted by molar-refractivity contribution is -0.170. The molecule has 1 aromatic heterocycles. The van der Waals surface area contributed by atoms with Gasteiger partial charge in [-0.1, -0.05) is 0 Å². The molecule has 0 aliphatic rings. The topological polar surface area (TPSA) is 34.9 Å². The van der Waals surface area contributed by atoms with Crippen molar-refractivity contribution in [3.05, 3.63) is 18.0 Å². The Hall–Kier alpha value is -1.33. The number of nitrogens with zero attached hydrogens (tertiary/aromatic N) is 2. The zero-order chi connectivity index (χ0) is 10.1. The van der Waals surface area contributed by atoms with Crippen molar-refractivity contribution < 1.29 is 18.0 Å². The highest BCUT2D eigenvalue weighted by atomic mass is 19.4. The van der Waals surface area contributed by atoms with E-state index in [2.05, 4.69) is 5.10 Å². The normalized spacial score (nSPS) is 11.7. The summed E-state index contributed by atoms with van der Waals surface area (Å²) in [6, 6.07) is 1.38. The lowest BCUT2D eigenvalue weighted by Gasteiger charge is -2.04. The van der Waals surface area contributed by atoms with Gasteiger partial charge in [-0.3, -0.25) is 9.48 Å². The molecule has 0 saturated carbocycles. The van der Waals surface area contributed by atoms with Crippen molar-refractivity contribution in [3.8, 4) is 0 Å². The number of halogens is 3. The van der Waals surface area contributed by atoms with Crippen molar-refractivity contribution in [2.75, 3.05) is 0 Å². The van der Waals surface area contributed by atoms with E-state index in [1.165, 1.54) is 24.0 Å². The van der Waals surface area contributed by atoms with Crippen LogP contribution in [-0.4, -0.2) is 21.7 Å². The van der Waals surface area contributed by atoms with Crippen LogP contribution in [0, 0.1) is 0 Å². The molecule has 0 radical (unpaired) electrons. The lowest BCUT2D eigenvalue weighted by Crippen LogP contribution is -2.25. The maximum atomic E-state index is 11.8. The smallest absolute Gasteiger partial charge is 0.289 e. The number of aromatic nitrogens is 2. The molecule has 0 N–H and O–H groups in total. The number of aryl methyl sites for hydroxylation is 1. The Bertz CT molecular complexity index is 316. The number of rotatable bonds is 2. The molecule has 3 nitrogen and oxygen atoms in total. The highest BCUT2D eigenvalue weighted by Gasteiger charge is 2.38. The largest absolute Gasteiger partial charge is 0.450 e. The molecule has 0 aromatic carbocycles. The van der Waals surface area contributed by atoms with Gasteiger partial charge in [0.25, 0.3) is 0 Å². The number of carbonyl (C=O) groups excluding carboxylic acids is 1. The van der Waals surface area contributed by atoms with Gasteiger partial charge in [0.2, 0.25) is 5.78 Å². The first-order valence-corrected chi connectivity index (χ1v) is 3.48. The second-order valence-corrected chi connectivity index (χ2v) is 2.54. The second-order valence-electron chi connectivity index (χ2n) is 2.54. The van der Waals surface area contributed by atoms with Crippen LogP contribution in [0.2, 0.25) is 0 Å². The van der Waals surface area contributed by atoms with Crippen LogP contribution in [0.1, 0.15) is 5.69 Å². The fraction of sp³-hybridized carbons (Fsp3) is 0.429. The Morgan fingerprint density at radius 1 is 1.62 bits per heavy atom. The van der Waals surface area contributed by atoms with Crippen molar-refractivity contribution in [1.29, 1.82) is 0 Å². The van der Waals surface area contributed by atoms with Crippen LogP contribution < -0.4 is 0 Å². The number of hydrogen-bond acceptors (Lipinski definition) is 2. The van der Waals surface area contributed by atoms with Gasteiger partial charge in [-0.15, -0.1) is 0 Å². The summed E-state index contributed by atoms with van der Waals surface area (Å²) in [5.41, 5.74) is 0.252. The van der Waals surface area contributed by atoms with Gasteiger partial charge in [-0.2, -0.15) is 18.3 Å². The van der Waals surface area contributed by atoms with E-state index >= 15 is 0 Å². The fourth-order valence-electron chi connectivity index (χ4n) is 0.839. The Kier molecular flexibility index (Phi) is 2.40. The molecular formula is C7H7F3N2O. The molecule has 1 heterocycles. The molecule has 0 fully saturated rings. The minimum atomic E-state index is -4.76. The molecule has 0 aliphatic carbocycles. The van der Waals surface area contributed by atoms with Crippen molar-refractivity contribution in [2.45, 2.75) is 12.6 Å². The van der Waals surface area contributed by atoms with Crippen LogP contribution >= 0.6 is 0 Å². The van der Waals surface area contributed by atoms with E-state index in [-0.39, 0.29) is 5.69 Å². The monoisotopic (exact) mass is 192 g/mol. The molecular weight excluding hydrogens is 185 g/mol. The second kappa shape index (κ2) is 3.20. The Morgan fingerprint density at radius 2 is 2.23 bits per heavy atom. The number of ketones is 1. The van der Waals surface area contributed by atoms with E-state index < -0.39 is 18.4 Å². The lowest BCUT2D eigenvalue weighted by atomic mass is 10.2. The maximum absolute atomic E-state index is 11.8. The van der Waals surface area contributed by atoms with Crippen LogP contribution in [0.3, 0.4) is 0 Å². The zero-order valence-electron chi connectivity index (χ0n) is 6.80.